The molecule has 106 valence electrons. The molecule has 20 heavy (non-hydrogen) atoms. The molecule has 0 saturated carbocycles. The Hall–Kier alpha value is -1.59. The van der Waals surface area contributed by atoms with Crippen molar-refractivity contribution in [3.8, 4) is 0 Å². The summed E-state index contributed by atoms with van der Waals surface area (Å²) in [5.74, 6) is 0.138. The van der Waals surface area contributed by atoms with E-state index in [1.165, 1.54) is 10.1 Å². The molecule has 1 aromatic carbocycles. The number of hydrogen-bond acceptors (Lipinski definition) is 4. The highest BCUT2D eigenvalue weighted by Crippen LogP contribution is 2.24. The normalized spacial score (nSPS) is 17.1. The number of carbonyl (C=O) groups excluding carboxylic acids is 1. The monoisotopic (exact) mass is 290 g/mol. The van der Waals surface area contributed by atoms with Crippen molar-refractivity contribution in [1.29, 1.82) is 0 Å². The van der Waals surface area contributed by atoms with E-state index in [-0.39, 0.29) is 11.9 Å². The summed E-state index contributed by atoms with van der Waals surface area (Å²) in [6.07, 6.45) is 0. The first-order valence-electron chi connectivity index (χ1n) is 6.84. The molecule has 0 bridgehead atoms. The van der Waals surface area contributed by atoms with Gasteiger partial charge in [-0.1, -0.05) is 0 Å². The lowest BCUT2D eigenvalue weighted by Gasteiger charge is -2.29. The van der Waals surface area contributed by atoms with E-state index in [1.54, 1.807) is 11.3 Å². The van der Waals surface area contributed by atoms with Gasteiger partial charge in [-0.2, -0.15) is 0 Å². The summed E-state index contributed by atoms with van der Waals surface area (Å²) in [5, 5.41) is 6.59. The lowest BCUT2D eigenvalue weighted by atomic mass is 10.2. The van der Waals surface area contributed by atoms with Crippen LogP contribution in [0.1, 0.15) is 6.92 Å². The van der Waals surface area contributed by atoms with Crippen LogP contribution in [0, 0.1) is 0 Å². The van der Waals surface area contributed by atoms with Gasteiger partial charge in [-0.25, -0.2) is 0 Å². The van der Waals surface area contributed by atoms with Gasteiger partial charge in [-0.15, -0.1) is 11.3 Å². The Bertz CT molecular complexity index is 605. The summed E-state index contributed by atoms with van der Waals surface area (Å²) in [4.78, 5) is 14.2. The number of rotatable bonds is 3. The second-order valence-corrected chi connectivity index (χ2v) is 5.92. The number of morpholine rings is 1. The summed E-state index contributed by atoms with van der Waals surface area (Å²) >= 11 is 1.73. The second kappa shape index (κ2) is 5.81. The van der Waals surface area contributed by atoms with E-state index in [9.17, 15) is 4.79 Å². The van der Waals surface area contributed by atoms with Gasteiger partial charge in [-0.05, 0) is 42.0 Å². The van der Waals surface area contributed by atoms with Crippen molar-refractivity contribution >= 4 is 33.0 Å². The zero-order chi connectivity index (χ0) is 13.9. The summed E-state index contributed by atoms with van der Waals surface area (Å²) in [6.45, 7) is 4.57. The third kappa shape index (κ3) is 2.78. The number of hydrogen-bond donors (Lipinski definition) is 1. The molecule has 1 aliphatic rings. The van der Waals surface area contributed by atoms with Gasteiger partial charge in [0.15, 0.2) is 0 Å². The van der Waals surface area contributed by atoms with Gasteiger partial charge in [-0.3, -0.25) is 4.79 Å². The molecule has 0 aliphatic carbocycles. The standard InChI is InChI=1S/C15H18N2O2S/c1-11(15(18)17-5-7-19-8-6-17)16-13-2-3-14-12(10-13)4-9-20-14/h2-4,9-11,16H,5-8H2,1H3. The molecule has 0 radical (unpaired) electrons. The van der Waals surface area contributed by atoms with Crippen LogP contribution in [-0.2, 0) is 9.53 Å². The second-order valence-electron chi connectivity index (χ2n) is 4.98. The van der Waals surface area contributed by atoms with Crippen LogP contribution >= 0.6 is 11.3 Å². The minimum absolute atomic E-state index is 0.138. The van der Waals surface area contributed by atoms with Crippen molar-refractivity contribution in [2.75, 3.05) is 31.6 Å². The van der Waals surface area contributed by atoms with E-state index in [1.807, 2.05) is 17.9 Å². The van der Waals surface area contributed by atoms with Crippen LogP contribution in [0.3, 0.4) is 0 Å². The first kappa shape index (κ1) is 13.4. The average Bonchev–Trinajstić information content (AvgIpc) is 2.95. The summed E-state index contributed by atoms with van der Waals surface area (Å²) in [7, 11) is 0. The average molecular weight is 290 g/mol. The Balaban J connectivity index is 1.67. The topological polar surface area (TPSA) is 41.6 Å². The van der Waals surface area contributed by atoms with Crippen molar-refractivity contribution in [2.24, 2.45) is 0 Å². The van der Waals surface area contributed by atoms with Gasteiger partial charge in [0, 0.05) is 23.5 Å². The fourth-order valence-electron chi connectivity index (χ4n) is 2.43. The molecule has 5 heteroatoms. The van der Waals surface area contributed by atoms with Crippen LogP contribution in [0.2, 0.25) is 0 Å². The Labute approximate surface area is 122 Å². The minimum Gasteiger partial charge on any atom is -0.378 e. The van der Waals surface area contributed by atoms with E-state index < -0.39 is 0 Å². The highest BCUT2D eigenvalue weighted by atomic mass is 32.1. The highest BCUT2D eigenvalue weighted by Gasteiger charge is 2.22. The molecule has 4 nitrogen and oxygen atoms in total. The quantitative estimate of drug-likeness (QED) is 0.944. The molecule has 1 atom stereocenters. The molecule has 1 N–H and O–H groups in total. The van der Waals surface area contributed by atoms with E-state index in [0.717, 1.165) is 5.69 Å². The minimum atomic E-state index is -0.218. The molecule has 1 unspecified atom stereocenters. The first-order valence-corrected chi connectivity index (χ1v) is 7.72. The number of fused-ring (bicyclic) bond motifs is 1. The smallest absolute Gasteiger partial charge is 0.244 e. The zero-order valence-electron chi connectivity index (χ0n) is 11.5. The number of ether oxygens (including phenoxy) is 1. The number of anilines is 1. The molecular formula is C15H18N2O2S. The van der Waals surface area contributed by atoms with Crippen LogP contribution in [0.15, 0.2) is 29.6 Å². The van der Waals surface area contributed by atoms with E-state index in [4.69, 9.17) is 4.74 Å². The maximum Gasteiger partial charge on any atom is 0.244 e. The van der Waals surface area contributed by atoms with Crippen LogP contribution in [0.25, 0.3) is 10.1 Å². The fourth-order valence-corrected chi connectivity index (χ4v) is 3.20. The zero-order valence-corrected chi connectivity index (χ0v) is 12.3. The third-order valence-electron chi connectivity index (χ3n) is 3.53. The molecule has 1 aliphatic heterocycles. The maximum atomic E-state index is 12.3. The Morgan fingerprint density at radius 2 is 2.15 bits per heavy atom. The highest BCUT2D eigenvalue weighted by molar-refractivity contribution is 7.17. The van der Waals surface area contributed by atoms with Gasteiger partial charge in [0.05, 0.1) is 13.2 Å². The van der Waals surface area contributed by atoms with E-state index >= 15 is 0 Å². The van der Waals surface area contributed by atoms with Crippen molar-refractivity contribution in [3.63, 3.8) is 0 Å². The SMILES string of the molecule is CC(Nc1ccc2sccc2c1)C(=O)N1CCOCC1. The fraction of sp³-hybridized carbons (Fsp3) is 0.400. The third-order valence-corrected chi connectivity index (χ3v) is 4.43. The van der Waals surface area contributed by atoms with Crippen LogP contribution < -0.4 is 5.32 Å². The van der Waals surface area contributed by atoms with Crippen LogP contribution in [0.4, 0.5) is 5.69 Å². The van der Waals surface area contributed by atoms with E-state index in [0.29, 0.717) is 26.3 Å². The first-order chi connectivity index (χ1) is 9.74. The van der Waals surface area contributed by atoms with E-state index in [2.05, 4.69) is 28.9 Å². The predicted molar refractivity (Wildman–Crippen MR) is 82.3 cm³/mol. The summed E-state index contributed by atoms with van der Waals surface area (Å²) < 4.78 is 6.54. The van der Waals surface area contributed by atoms with Crippen molar-refractivity contribution in [1.82, 2.24) is 4.90 Å². The lowest BCUT2D eigenvalue weighted by Crippen LogP contribution is -2.46. The Kier molecular flexibility index (Phi) is 3.89. The Morgan fingerprint density at radius 1 is 1.35 bits per heavy atom. The number of benzene rings is 1. The molecule has 1 saturated heterocycles. The van der Waals surface area contributed by atoms with Crippen molar-refractivity contribution in [2.45, 2.75) is 13.0 Å². The van der Waals surface area contributed by atoms with Gasteiger partial charge in [0.2, 0.25) is 5.91 Å². The molecule has 1 aromatic heterocycles. The summed E-state index contributed by atoms with van der Waals surface area (Å²) in [6, 6.07) is 8.09. The van der Waals surface area contributed by atoms with Gasteiger partial charge >= 0.3 is 0 Å². The molecular weight excluding hydrogens is 272 g/mol. The number of amides is 1. The number of carbonyl (C=O) groups is 1. The Morgan fingerprint density at radius 3 is 2.95 bits per heavy atom. The van der Waals surface area contributed by atoms with Crippen LogP contribution in [-0.4, -0.2) is 43.2 Å². The van der Waals surface area contributed by atoms with Gasteiger partial charge in [0.25, 0.3) is 0 Å². The summed E-state index contributed by atoms with van der Waals surface area (Å²) in [5.41, 5.74) is 0.991. The number of nitrogens with zero attached hydrogens (tertiary/aromatic N) is 1. The molecule has 1 fully saturated rings. The maximum absolute atomic E-state index is 12.3. The van der Waals surface area contributed by atoms with Crippen molar-refractivity contribution < 1.29 is 9.53 Å². The largest absolute Gasteiger partial charge is 0.378 e. The van der Waals surface area contributed by atoms with Gasteiger partial charge in [0.1, 0.15) is 6.04 Å². The predicted octanol–water partition coefficient (Wildman–Crippen LogP) is 2.56. The molecule has 2 heterocycles. The van der Waals surface area contributed by atoms with Gasteiger partial charge < -0.3 is 15.0 Å². The lowest BCUT2D eigenvalue weighted by molar-refractivity contribution is -0.135. The van der Waals surface area contributed by atoms with Crippen LogP contribution in [0.5, 0.6) is 0 Å². The number of thiophene rings is 1. The molecule has 3 rings (SSSR count). The molecule has 1 amide bonds. The number of nitrogens with one attached hydrogen (secondary N) is 1. The molecule has 2 aromatic rings. The molecule has 0 spiro atoms. The van der Waals surface area contributed by atoms with Crippen molar-refractivity contribution in [3.05, 3.63) is 29.6 Å².